The minimum Gasteiger partial charge on any atom is -0.463 e. The van der Waals surface area contributed by atoms with Gasteiger partial charge in [0.25, 0.3) is 0 Å². The van der Waals surface area contributed by atoms with Gasteiger partial charge >= 0.3 is 29.8 Å². The van der Waals surface area contributed by atoms with Gasteiger partial charge in [0, 0.05) is 33.4 Å². The molecule has 0 bridgehead atoms. The van der Waals surface area contributed by atoms with Crippen LogP contribution in [0.1, 0.15) is 45.0 Å². The van der Waals surface area contributed by atoms with Gasteiger partial charge in [-0.05, 0) is 43.4 Å². The lowest BCUT2D eigenvalue weighted by Gasteiger charge is -2.44. The molecule has 0 aliphatic carbocycles. The highest BCUT2D eigenvalue weighted by atomic mass is 32.1. The molecule has 0 amide bonds. The van der Waals surface area contributed by atoms with Crippen molar-refractivity contribution in [3.05, 3.63) is 29.8 Å². The third kappa shape index (κ3) is 9.27. The maximum Gasteiger partial charge on any atom is 0.338 e. The summed E-state index contributed by atoms with van der Waals surface area (Å²) in [6, 6.07) is 6.26. The average molecular weight is 555 g/mol. The van der Waals surface area contributed by atoms with E-state index in [0.717, 1.165) is 20.8 Å². The van der Waals surface area contributed by atoms with Gasteiger partial charge in [0.15, 0.2) is 29.7 Å². The van der Waals surface area contributed by atoms with Crippen LogP contribution in [0.3, 0.4) is 0 Å². The van der Waals surface area contributed by atoms with Crippen LogP contribution in [0.5, 0.6) is 0 Å². The fraction of sp³-hybridized carbons (Fsp3) is 0.500. The molecule has 0 radical (unpaired) electrons. The highest BCUT2D eigenvalue weighted by molar-refractivity contribution is 7.80. The fourth-order valence-corrected chi connectivity index (χ4v) is 3.78. The summed E-state index contributed by atoms with van der Waals surface area (Å²) in [7, 11) is 0. The second-order valence-corrected chi connectivity index (χ2v) is 8.42. The Morgan fingerprint density at radius 2 is 1.37 bits per heavy atom. The van der Waals surface area contributed by atoms with Crippen LogP contribution in [0.15, 0.2) is 24.3 Å². The Hall–Kier alpha value is -3.78. The molecule has 1 fully saturated rings. The number of carbonyl (C=O) groups is 5. The summed E-state index contributed by atoms with van der Waals surface area (Å²) in [5, 5.41) is 5.74. The van der Waals surface area contributed by atoms with Crippen molar-refractivity contribution in [2.24, 2.45) is 0 Å². The summed E-state index contributed by atoms with van der Waals surface area (Å²) < 4.78 is 32.0. The van der Waals surface area contributed by atoms with Crippen LogP contribution in [-0.2, 0) is 47.6 Å². The first-order valence-electron chi connectivity index (χ1n) is 11.6. The van der Waals surface area contributed by atoms with E-state index in [0.29, 0.717) is 11.3 Å². The lowest BCUT2D eigenvalue weighted by molar-refractivity contribution is -0.254. The maximum absolute atomic E-state index is 11.9. The van der Waals surface area contributed by atoms with Gasteiger partial charge in [-0.1, -0.05) is 0 Å². The third-order valence-corrected chi connectivity index (χ3v) is 5.14. The minimum atomic E-state index is -1.33. The first-order valence-corrected chi connectivity index (χ1v) is 12.0. The van der Waals surface area contributed by atoms with Gasteiger partial charge < -0.3 is 39.1 Å². The molecule has 1 saturated heterocycles. The van der Waals surface area contributed by atoms with Crippen LogP contribution < -0.4 is 10.6 Å². The predicted molar refractivity (Wildman–Crippen MR) is 134 cm³/mol. The molecule has 5 atom stereocenters. The summed E-state index contributed by atoms with van der Waals surface area (Å²) in [4.78, 5) is 58.9. The van der Waals surface area contributed by atoms with Crippen LogP contribution in [0.25, 0.3) is 0 Å². The zero-order valence-electron chi connectivity index (χ0n) is 21.5. The number of nitrogens with one attached hydrogen (secondary N) is 2. The molecule has 38 heavy (non-hydrogen) atoms. The largest absolute Gasteiger partial charge is 0.463 e. The molecule has 208 valence electrons. The summed E-state index contributed by atoms with van der Waals surface area (Å²) in [5.41, 5.74) is 0.844. The normalized spacial score (nSPS) is 22.3. The van der Waals surface area contributed by atoms with E-state index in [9.17, 15) is 24.0 Å². The molecule has 1 aromatic rings. The van der Waals surface area contributed by atoms with Crippen LogP contribution in [0.2, 0.25) is 0 Å². The molecule has 0 aromatic heterocycles. The Labute approximate surface area is 224 Å². The molecular formula is C24H30N2O11S. The summed E-state index contributed by atoms with van der Waals surface area (Å²) in [5.74, 6) is -3.33. The Morgan fingerprint density at radius 3 is 1.89 bits per heavy atom. The first kappa shape index (κ1) is 30.4. The van der Waals surface area contributed by atoms with Crippen molar-refractivity contribution >= 4 is 52.9 Å². The molecule has 2 N–H and O–H groups in total. The molecule has 1 aliphatic rings. The molecule has 1 aromatic carbocycles. The van der Waals surface area contributed by atoms with Crippen LogP contribution >= 0.6 is 12.2 Å². The first-order chi connectivity index (χ1) is 17.9. The van der Waals surface area contributed by atoms with Crippen molar-refractivity contribution in [1.29, 1.82) is 0 Å². The van der Waals surface area contributed by atoms with Crippen molar-refractivity contribution in [3.8, 4) is 0 Å². The van der Waals surface area contributed by atoms with E-state index in [4.69, 9.17) is 40.6 Å². The number of thiocarbonyl (C=S) groups is 1. The Bertz CT molecular complexity index is 1050. The molecule has 1 heterocycles. The quantitative estimate of drug-likeness (QED) is 0.254. The third-order valence-electron chi connectivity index (χ3n) is 4.92. The van der Waals surface area contributed by atoms with Crippen molar-refractivity contribution in [2.45, 2.75) is 65.3 Å². The van der Waals surface area contributed by atoms with Crippen LogP contribution in [0, 0.1) is 0 Å². The zero-order chi connectivity index (χ0) is 28.4. The van der Waals surface area contributed by atoms with E-state index in [1.807, 2.05) is 0 Å². The van der Waals surface area contributed by atoms with Gasteiger partial charge in [-0.2, -0.15) is 0 Å². The fourth-order valence-electron chi connectivity index (χ4n) is 3.55. The summed E-state index contributed by atoms with van der Waals surface area (Å²) in [6.07, 6.45) is -6.29. The molecule has 2 rings (SSSR count). The number of rotatable bonds is 9. The number of hydrogen-bond acceptors (Lipinski definition) is 12. The van der Waals surface area contributed by atoms with Crippen molar-refractivity contribution in [3.63, 3.8) is 0 Å². The van der Waals surface area contributed by atoms with E-state index in [2.05, 4.69) is 10.6 Å². The molecular weight excluding hydrogens is 524 g/mol. The Morgan fingerprint density at radius 1 is 0.816 bits per heavy atom. The molecule has 1 aliphatic heterocycles. The van der Waals surface area contributed by atoms with Crippen molar-refractivity contribution in [2.75, 3.05) is 18.5 Å². The number of benzene rings is 1. The number of ether oxygens (including phenoxy) is 6. The second-order valence-electron chi connectivity index (χ2n) is 8.02. The predicted octanol–water partition coefficient (Wildman–Crippen LogP) is 1.23. The Balaban J connectivity index is 2.30. The number of esters is 5. The lowest BCUT2D eigenvalue weighted by atomic mass is 9.97. The topological polar surface area (TPSA) is 165 Å². The molecule has 14 heteroatoms. The van der Waals surface area contributed by atoms with Gasteiger partial charge in [0.2, 0.25) is 0 Å². The summed E-state index contributed by atoms with van der Waals surface area (Å²) >= 11 is 5.37. The molecule has 13 nitrogen and oxygen atoms in total. The van der Waals surface area contributed by atoms with Crippen LogP contribution in [-0.4, -0.2) is 78.8 Å². The zero-order valence-corrected chi connectivity index (χ0v) is 22.3. The van der Waals surface area contributed by atoms with E-state index in [1.165, 1.54) is 19.1 Å². The van der Waals surface area contributed by atoms with Gasteiger partial charge in [-0.3, -0.25) is 19.2 Å². The van der Waals surface area contributed by atoms with E-state index >= 15 is 0 Å². The SMILES string of the molecule is CCOC(=O)c1ccc(NC(=S)N[C@H]2O[C@@H](COC(C)=O)[C@@H](OC(C)=O)[C@@H](OC(C)=O)[C@@H]2OC(C)=O)cc1. The summed E-state index contributed by atoms with van der Waals surface area (Å²) in [6.45, 7) is 6.14. The lowest BCUT2D eigenvalue weighted by Crippen LogP contribution is -2.66. The van der Waals surface area contributed by atoms with Crippen molar-refractivity contribution < 1.29 is 52.4 Å². The standard InChI is InChI=1S/C24H30N2O11S/c1-6-32-23(31)16-7-9-17(10-8-16)25-24(38)26-22-21(36-15(5)30)20(35-14(4)29)19(34-13(3)28)18(37-22)11-33-12(2)27/h7-10,18-22H,6,11H2,1-5H3,(H2,25,26,38)/t18-,19+,20+,21-,22-/m0/s1. The van der Waals surface area contributed by atoms with E-state index in [-0.39, 0.29) is 18.3 Å². The molecule has 0 spiro atoms. The van der Waals surface area contributed by atoms with Crippen molar-refractivity contribution in [1.82, 2.24) is 5.32 Å². The maximum atomic E-state index is 11.9. The smallest absolute Gasteiger partial charge is 0.338 e. The van der Waals surface area contributed by atoms with Gasteiger partial charge in [-0.15, -0.1) is 0 Å². The number of hydrogen-bond donors (Lipinski definition) is 2. The van der Waals surface area contributed by atoms with Gasteiger partial charge in [-0.25, -0.2) is 4.79 Å². The average Bonchev–Trinajstić information content (AvgIpc) is 2.81. The number of carbonyl (C=O) groups excluding carboxylic acids is 5. The van der Waals surface area contributed by atoms with Crippen LogP contribution in [0.4, 0.5) is 5.69 Å². The van der Waals surface area contributed by atoms with Gasteiger partial charge in [0.05, 0.1) is 12.2 Å². The second kappa shape index (κ2) is 14.2. The number of anilines is 1. The Kier molecular flexibility index (Phi) is 11.4. The molecule has 0 unspecified atom stereocenters. The van der Waals surface area contributed by atoms with E-state index < -0.39 is 60.5 Å². The highest BCUT2D eigenvalue weighted by Gasteiger charge is 2.52. The van der Waals surface area contributed by atoms with Gasteiger partial charge in [0.1, 0.15) is 12.7 Å². The monoisotopic (exact) mass is 554 g/mol. The van der Waals surface area contributed by atoms with E-state index in [1.54, 1.807) is 19.1 Å². The highest BCUT2D eigenvalue weighted by Crippen LogP contribution is 2.28. The molecule has 0 saturated carbocycles. The minimum absolute atomic E-state index is 0.00906.